The second kappa shape index (κ2) is 9.13. The Labute approximate surface area is 154 Å². The number of nitro benzene ring substituents is 1. The predicted molar refractivity (Wildman–Crippen MR) is 104 cm³/mol. The number of nitrogens with zero attached hydrogens (tertiary/aromatic N) is 1. The summed E-state index contributed by atoms with van der Waals surface area (Å²) in [6.45, 7) is 6.11. The molecule has 5 heteroatoms. The lowest BCUT2D eigenvalue weighted by Gasteiger charge is -2.21. The summed E-state index contributed by atoms with van der Waals surface area (Å²) < 4.78 is 0. The largest absolute Gasteiger partial charge is 0.326 e. The normalized spacial score (nSPS) is 12.0. The van der Waals surface area contributed by atoms with Crippen molar-refractivity contribution < 1.29 is 9.72 Å². The first kappa shape index (κ1) is 19.6. The van der Waals surface area contributed by atoms with Crippen LogP contribution in [0.15, 0.2) is 48.5 Å². The van der Waals surface area contributed by atoms with E-state index in [9.17, 15) is 14.9 Å². The topological polar surface area (TPSA) is 72.2 Å². The third-order valence-corrected chi connectivity index (χ3v) is 4.45. The van der Waals surface area contributed by atoms with Gasteiger partial charge in [0.25, 0.3) is 5.69 Å². The highest BCUT2D eigenvalue weighted by Gasteiger charge is 2.25. The Bertz CT molecular complexity index is 737. The Morgan fingerprint density at radius 2 is 1.69 bits per heavy atom. The molecule has 1 atom stereocenters. The molecule has 1 unspecified atom stereocenters. The van der Waals surface area contributed by atoms with Crippen molar-refractivity contribution in [1.82, 2.24) is 0 Å². The minimum absolute atomic E-state index is 0.0272. The van der Waals surface area contributed by atoms with Crippen LogP contribution < -0.4 is 5.32 Å². The summed E-state index contributed by atoms with van der Waals surface area (Å²) in [5.74, 6) is -0.397. The Balaban J connectivity index is 2.11. The number of rotatable bonds is 8. The number of hydrogen-bond donors (Lipinski definition) is 1. The lowest BCUT2D eigenvalue weighted by atomic mass is 9.87. The van der Waals surface area contributed by atoms with Crippen molar-refractivity contribution in [3.63, 3.8) is 0 Å². The van der Waals surface area contributed by atoms with Crippen LogP contribution in [0.3, 0.4) is 0 Å². The van der Waals surface area contributed by atoms with Crippen molar-refractivity contribution in [2.24, 2.45) is 5.92 Å². The van der Waals surface area contributed by atoms with Crippen LogP contribution in [0.1, 0.15) is 50.7 Å². The number of carbonyl (C=O) groups excluding carboxylic acids is 1. The summed E-state index contributed by atoms with van der Waals surface area (Å²) in [6.07, 6.45) is 3.35. The molecule has 26 heavy (non-hydrogen) atoms. The fourth-order valence-electron chi connectivity index (χ4n) is 3.00. The maximum atomic E-state index is 12.8. The number of nitrogens with one attached hydrogen (secondary N) is 1. The van der Waals surface area contributed by atoms with Crippen molar-refractivity contribution >= 4 is 17.3 Å². The van der Waals surface area contributed by atoms with E-state index in [4.69, 9.17) is 0 Å². The molecule has 0 saturated heterocycles. The molecule has 2 aromatic rings. The maximum absolute atomic E-state index is 12.8. The van der Waals surface area contributed by atoms with Gasteiger partial charge in [-0.2, -0.15) is 0 Å². The van der Waals surface area contributed by atoms with Crippen molar-refractivity contribution in [3.8, 4) is 0 Å². The molecule has 2 aromatic carbocycles. The summed E-state index contributed by atoms with van der Waals surface area (Å²) in [5, 5.41) is 13.8. The Morgan fingerprint density at radius 3 is 2.19 bits per heavy atom. The van der Waals surface area contributed by atoms with E-state index >= 15 is 0 Å². The fourth-order valence-corrected chi connectivity index (χ4v) is 3.00. The molecule has 0 fully saturated rings. The molecule has 0 spiro atoms. The van der Waals surface area contributed by atoms with Gasteiger partial charge in [0.2, 0.25) is 5.91 Å². The molecule has 0 saturated carbocycles. The van der Waals surface area contributed by atoms with Gasteiger partial charge in [0, 0.05) is 17.8 Å². The average Bonchev–Trinajstić information content (AvgIpc) is 2.61. The Hall–Kier alpha value is -2.69. The minimum Gasteiger partial charge on any atom is -0.326 e. The predicted octanol–water partition coefficient (Wildman–Crippen LogP) is 5.32. The van der Waals surface area contributed by atoms with Crippen molar-refractivity contribution in [1.29, 1.82) is 0 Å². The fraction of sp³-hybridized carbons (Fsp3) is 0.381. The first-order chi connectivity index (χ1) is 12.4. The third-order valence-electron chi connectivity index (χ3n) is 4.45. The van der Waals surface area contributed by atoms with E-state index in [1.807, 2.05) is 38.1 Å². The maximum Gasteiger partial charge on any atom is 0.269 e. The van der Waals surface area contributed by atoms with E-state index < -0.39 is 4.92 Å². The standard InChI is InChI=1S/C21H26N2O3/c1-4-5-6-16-7-11-18(12-8-16)22-21(24)20(15(2)3)17-9-13-19(14-10-17)23(25)26/h7-15,20H,4-6H2,1-3H3,(H,22,24). The molecule has 2 rings (SSSR count). The molecule has 1 N–H and O–H groups in total. The molecule has 0 aromatic heterocycles. The van der Waals surface area contributed by atoms with E-state index in [-0.39, 0.29) is 23.4 Å². The van der Waals surface area contributed by atoms with E-state index in [0.717, 1.165) is 30.5 Å². The quantitative estimate of drug-likeness (QED) is 0.515. The van der Waals surface area contributed by atoms with Crippen LogP contribution in [0.5, 0.6) is 0 Å². The number of benzene rings is 2. The molecule has 138 valence electrons. The number of anilines is 1. The molecular weight excluding hydrogens is 328 g/mol. The lowest BCUT2D eigenvalue weighted by Crippen LogP contribution is -2.25. The first-order valence-corrected chi connectivity index (χ1v) is 9.06. The molecule has 0 aliphatic carbocycles. The van der Waals surface area contributed by atoms with Crippen molar-refractivity contribution in [3.05, 3.63) is 69.8 Å². The van der Waals surface area contributed by atoms with Gasteiger partial charge in [-0.25, -0.2) is 0 Å². The summed E-state index contributed by atoms with van der Waals surface area (Å²) in [6, 6.07) is 14.2. The molecular formula is C21H26N2O3. The van der Waals surface area contributed by atoms with Gasteiger partial charge in [0.15, 0.2) is 0 Å². The van der Waals surface area contributed by atoms with Crippen LogP contribution >= 0.6 is 0 Å². The van der Waals surface area contributed by atoms with Gasteiger partial charge >= 0.3 is 0 Å². The van der Waals surface area contributed by atoms with Gasteiger partial charge in [0.05, 0.1) is 10.8 Å². The van der Waals surface area contributed by atoms with Gasteiger partial charge < -0.3 is 5.32 Å². The van der Waals surface area contributed by atoms with Gasteiger partial charge in [0.1, 0.15) is 0 Å². The number of aryl methyl sites for hydroxylation is 1. The monoisotopic (exact) mass is 354 g/mol. The Morgan fingerprint density at radius 1 is 1.08 bits per heavy atom. The van der Waals surface area contributed by atoms with Gasteiger partial charge in [-0.1, -0.05) is 51.5 Å². The molecule has 0 radical (unpaired) electrons. The van der Waals surface area contributed by atoms with Gasteiger partial charge in [-0.15, -0.1) is 0 Å². The van der Waals surface area contributed by atoms with Gasteiger partial charge in [-0.3, -0.25) is 14.9 Å². The third kappa shape index (κ3) is 5.15. The van der Waals surface area contributed by atoms with Crippen LogP contribution in [0.4, 0.5) is 11.4 Å². The number of nitro groups is 1. The van der Waals surface area contributed by atoms with Crippen LogP contribution in [-0.4, -0.2) is 10.8 Å². The number of non-ortho nitro benzene ring substituents is 1. The van der Waals surface area contributed by atoms with Crippen molar-refractivity contribution in [2.45, 2.75) is 46.0 Å². The van der Waals surface area contributed by atoms with E-state index in [2.05, 4.69) is 12.2 Å². The van der Waals surface area contributed by atoms with Crippen LogP contribution in [0, 0.1) is 16.0 Å². The zero-order valence-electron chi connectivity index (χ0n) is 15.6. The summed E-state index contributed by atoms with van der Waals surface area (Å²) in [5.41, 5.74) is 2.84. The van der Waals surface area contributed by atoms with Crippen LogP contribution in [0.25, 0.3) is 0 Å². The number of carbonyl (C=O) groups is 1. The Kier molecular flexibility index (Phi) is 6.89. The van der Waals surface area contributed by atoms with Crippen LogP contribution in [-0.2, 0) is 11.2 Å². The highest BCUT2D eigenvalue weighted by atomic mass is 16.6. The molecule has 5 nitrogen and oxygen atoms in total. The number of unbranched alkanes of at least 4 members (excludes halogenated alkanes) is 1. The first-order valence-electron chi connectivity index (χ1n) is 9.06. The van der Waals surface area contributed by atoms with Crippen molar-refractivity contribution in [2.75, 3.05) is 5.32 Å². The molecule has 0 heterocycles. The second-order valence-electron chi connectivity index (χ2n) is 6.86. The zero-order chi connectivity index (χ0) is 19.1. The number of amides is 1. The molecule has 0 aliphatic rings. The SMILES string of the molecule is CCCCc1ccc(NC(=O)C(c2ccc([N+](=O)[O-])cc2)C(C)C)cc1. The minimum atomic E-state index is -0.436. The smallest absolute Gasteiger partial charge is 0.269 e. The lowest BCUT2D eigenvalue weighted by molar-refractivity contribution is -0.384. The van der Waals surface area contributed by atoms with E-state index in [1.54, 1.807) is 12.1 Å². The molecule has 1 amide bonds. The summed E-state index contributed by atoms with van der Waals surface area (Å²) >= 11 is 0. The highest BCUT2D eigenvalue weighted by Crippen LogP contribution is 2.28. The summed E-state index contributed by atoms with van der Waals surface area (Å²) in [7, 11) is 0. The van der Waals surface area contributed by atoms with E-state index in [0.29, 0.717) is 0 Å². The average molecular weight is 354 g/mol. The highest BCUT2D eigenvalue weighted by molar-refractivity contribution is 5.96. The zero-order valence-corrected chi connectivity index (χ0v) is 15.6. The van der Waals surface area contributed by atoms with E-state index in [1.165, 1.54) is 17.7 Å². The molecule has 0 bridgehead atoms. The van der Waals surface area contributed by atoms with Crippen LogP contribution in [0.2, 0.25) is 0 Å². The number of hydrogen-bond acceptors (Lipinski definition) is 3. The van der Waals surface area contributed by atoms with Gasteiger partial charge in [-0.05, 0) is 42.0 Å². The summed E-state index contributed by atoms with van der Waals surface area (Å²) in [4.78, 5) is 23.2. The molecule has 0 aliphatic heterocycles. The second-order valence-corrected chi connectivity index (χ2v) is 6.86.